The van der Waals surface area contributed by atoms with Crippen molar-refractivity contribution < 1.29 is 19.4 Å². The van der Waals surface area contributed by atoms with E-state index in [1.54, 1.807) is 54.5 Å². The second kappa shape index (κ2) is 10.0. The van der Waals surface area contributed by atoms with E-state index in [2.05, 4.69) is 20.6 Å². The second-order valence-corrected chi connectivity index (χ2v) is 8.36. The van der Waals surface area contributed by atoms with Crippen molar-refractivity contribution in [1.82, 2.24) is 19.7 Å². The molecule has 3 N–H and O–H groups in total. The highest BCUT2D eigenvalue weighted by atomic mass is 16.5. The van der Waals surface area contributed by atoms with Gasteiger partial charge in [0, 0.05) is 17.5 Å². The van der Waals surface area contributed by atoms with Crippen LogP contribution in [0.4, 0.5) is 11.6 Å². The van der Waals surface area contributed by atoms with Crippen molar-refractivity contribution in [2.45, 2.75) is 19.9 Å². The Bertz CT molecular complexity index is 1480. The molecule has 0 saturated carbocycles. The number of methoxy groups -OCH3 is 1. The molecule has 4 aromatic rings. The summed E-state index contributed by atoms with van der Waals surface area (Å²) >= 11 is 0. The number of hydrogen-bond donors (Lipinski definition) is 3. The van der Waals surface area contributed by atoms with Crippen LogP contribution in [0.25, 0.3) is 11.4 Å². The molecule has 0 fully saturated rings. The fourth-order valence-corrected chi connectivity index (χ4v) is 4.28. The Morgan fingerprint density at radius 1 is 1.16 bits per heavy atom. The molecule has 0 spiro atoms. The standard InChI is InChI=1S/C27H26N6O4/c1-4-37-21-11-10-17(14-22(21)36-3)24-23(26(35)30-19-8-6-12-28-15-19)16(2)29-27-31-25(32-33(24)27)18-7-5-9-20(34)13-18/h5-15,24,34H,4H2,1-3H3,(H,30,35)(H,29,31,32). The molecule has 0 saturated heterocycles. The summed E-state index contributed by atoms with van der Waals surface area (Å²) in [6.07, 6.45) is 3.22. The lowest BCUT2D eigenvalue weighted by Crippen LogP contribution is -2.31. The number of hydrogen-bond acceptors (Lipinski definition) is 8. The molecule has 188 valence electrons. The van der Waals surface area contributed by atoms with Gasteiger partial charge in [-0.1, -0.05) is 18.2 Å². The van der Waals surface area contributed by atoms with E-state index in [9.17, 15) is 9.90 Å². The Labute approximate surface area is 213 Å². The minimum atomic E-state index is -0.629. The third-order valence-corrected chi connectivity index (χ3v) is 5.92. The average Bonchev–Trinajstić information content (AvgIpc) is 3.32. The number of benzene rings is 2. The van der Waals surface area contributed by atoms with E-state index in [0.717, 1.165) is 5.56 Å². The summed E-state index contributed by atoms with van der Waals surface area (Å²) < 4.78 is 12.9. The van der Waals surface area contributed by atoms with Crippen LogP contribution in [0.3, 0.4) is 0 Å². The van der Waals surface area contributed by atoms with Crippen LogP contribution in [0.2, 0.25) is 0 Å². The number of nitrogens with one attached hydrogen (secondary N) is 2. The highest BCUT2D eigenvalue weighted by Gasteiger charge is 2.35. The van der Waals surface area contributed by atoms with E-state index < -0.39 is 6.04 Å². The number of carbonyl (C=O) groups is 1. The zero-order valence-corrected chi connectivity index (χ0v) is 20.6. The SMILES string of the molecule is CCOc1ccc(C2C(C(=O)Nc3cccnc3)=C(C)Nc3nc(-c4cccc(O)c4)nn32)cc1OC. The normalized spacial score (nSPS) is 14.5. The number of nitrogens with zero attached hydrogens (tertiary/aromatic N) is 4. The Hall–Kier alpha value is -4.86. The maximum Gasteiger partial charge on any atom is 0.255 e. The van der Waals surface area contributed by atoms with Crippen molar-refractivity contribution in [2.75, 3.05) is 24.4 Å². The molecule has 2 aromatic heterocycles. The molecule has 10 nitrogen and oxygen atoms in total. The molecule has 3 heterocycles. The molecule has 10 heteroatoms. The van der Waals surface area contributed by atoms with Crippen LogP contribution in [-0.4, -0.2) is 44.5 Å². The second-order valence-electron chi connectivity index (χ2n) is 8.36. The quantitative estimate of drug-likeness (QED) is 0.343. The maximum absolute atomic E-state index is 13.6. The zero-order valence-electron chi connectivity index (χ0n) is 20.6. The fraction of sp³-hybridized carbons (Fsp3) is 0.185. The fourth-order valence-electron chi connectivity index (χ4n) is 4.28. The number of rotatable bonds is 7. The van der Waals surface area contributed by atoms with Crippen molar-refractivity contribution >= 4 is 17.5 Å². The first kappa shape index (κ1) is 23.9. The molecule has 0 aliphatic carbocycles. The third kappa shape index (κ3) is 4.68. The summed E-state index contributed by atoms with van der Waals surface area (Å²) in [7, 11) is 1.57. The first-order valence-electron chi connectivity index (χ1n) is 11.7. The molecule has 37 heavy (non-hydrogen) atoms. The number of carbonyl (C=O) groups excluding carboxylic acids is 1. The monoisotopic (exact) mass is 498 g/mol. The van der Waals surface area contributed by atoms with Gasteiger partial charge in [0.05, 0.1) is 31.2 Å². The molecule has 1 atom stereocenters. The van der Waals surface area contributed by atoms with Gasteiger partial charge in [-0.2, -0.15) is 4.98 Å². The van der Waals surface area contributed by atoms with E-state index in [0.29, 0.717) is 52.4 Å². The van der Waals surface area contributed by atoms with Crippen LogP contribution in [-0.2, 0) is 4.79 Å². The van der Waals surface area contributed by atoms with E-state index in [4.69, 9.17) is 14.6 Å². The van der Waals surface area contributed by atoms with E-state index >= 15 is 0 Å². The minimum absolute atomic E-state index is 0.108. The topological polar surface area (TPSA) is 123 Å². The Morgan fingerprint density at radius 2 is 2.03 bits per heavy atom. The first-order valence-corrected chi connectivity index (χ1v) is 11.7. The van der Waals surface area contributed by atoms with Gasteiger partial charge >= 0.3 is 0 Å². The van der Waals surface area contributed by atoms with Crippen LogP contribution in [0.15, 0.2) is 78.3 Å². The van der Waals surface area contributed by atoms with Crippen molar-refractivity contribution in [3.8, 4) is 28.6 Å². The molecule has 1 aliphatic rings. The van der Waals surface area contributed by atoms with Crippen LogP contribution in [0, 0.1) is 0 Å². The summed E-state index contributed by atoms with van der Waals surface area (Å²) in [6, 6.07) is 15.1. The molecular weight excluding hydrogens is 472 g/mol. The zero-order chi connectivity index (χ0) is 25.9. The molecular formula is C27H26N6O4. The number of phenolic OH excluding ortho intramolecular Hbond substituents is 1. The minimum Gasteiger partial charge on any atom is -0.508 e. The van der Waals surface area contributed by atoms with Gasteiger partial charge in [0.25, 0.3) is 5.91 Å². The number of allylic oxidation sites excluding steroid dienone is 1. The van der Waals surface area contributed by atoms with Crippen LogP contribution in [0.5, 0.6) is 17.2 Å². The highest BCUT2D eigenvalue weighted by molar-refractivity contribution is 6.06. The number of fused-ring (bicyclic) bond motifs is 1. The smallest absolute Gasteiger partial charge is 0.255 e. The lowest BCUT2D eigenvalue weighted by Gasteiger charge is -2.29. The third-order valence-electron chi connectivity index (χ3n) is 5.92. The van der Waals surface area contributed by atoms with Gasteiger partial charge in [-0.25, -0.2) is 4.68 Å². The molecule has 1 unspecified atom stereocenters. The largest absolute Gasteiger partial charge is 0.508 e. The molecule has 2 aromatic carbocycles. The Balaban J connectivity index is 1.63. The number of aromatic hydroxyl groups is 1. The van der Waals surface area contributed by atoms with Gasteiger partial charge in [0.1, 0.15) is 11.8 Å². The number of amides is 1. The molecule has 0 radical (unpaired) electrons. The predicted molar refractivity (Wildman–Crippen MR) is 139 cm³/mol. The van der Waals surface area contributed by atoms with E-state index in [-0.39, 0.29) is 11.7 Å². The van der Waals surface area contributed by atoms with Gasteiger partial charge in [-0.3, -0.25) is 9.78 Å². The van der Waals surface area contributed by atoms with Crippen molar-refractivity contribution in [1.29, 1.82) is 0 Å². The number of aromatic nitrogens is 4. The number of ether oxygens (including phenoxy) is 2. The number of phenols is 1. The van der Waals surface area contributed by atoms with E-state index in [1.165, 1.54) is 0 Å². The number of anilines is 2. The summed E-state index contributed by atoms with van der Waals surface area (Å²) in [4.78, 5) is 22.4. The Morgan fingerprint density at radius 3 is 2.76 bits per heavy atom. The van der Waals surface area contributed by atoms with E-state index in [1.807, 2.05) is 38.1 Å². The average molecular weight is 499 g/mol. The van der Waals surface area contributed by atoms with Crippen molar-refractivity contribution in [3.05, 3.63) is 83.8 Å². The lowest BCUT2D eigenvalue weighted by atomic mass is 9.94. The van der Waals surface area contributed by atoms with Crippen LogP contribution >= 0.6 is 0 Å². The van der Waals surface area contributed by atoms with Gasteiger partial charge < -0.3 is 25.2 Å². The van der Waals surface area contributed by atoms with Gasteiger partial charge in [0.2, 0.25) is 5.95 Å². The van der Waals surface area contributed by atoms with Crippen LogP contribution < -0.4 is 20.1 Å². The molecule has 1 aliphatic heterocycles. The summed E-state index contributed by atoms with van der Waals surface area (Å²) in [5.74, 6) is 1.81. The van der Waals surface area contributed by atoms with Crippen LogP contribution in [0.1, 0.15) is 25.5 Å². The predicted octanol–water partition coefficient (Wildman–Crippen LogP) is 4.38. The first-order chi connectivity index (χ1) is 18.0. The Kier molecular flexibility index (Phi) is 6.46. The summed E-state index contributed by atoms with van der Waals surface area (Å²) in [5.41, 5.74) is 3.05. The molecule has 5 rings (SSSR count). The summed E-state index contributed by atoms with van der Waals surface area (Å²) in [6.45, 7) is 4.21. The molecule has 1 amide bonds. The highest BCUT2D eigenvalue weighted by Crippen LogP contribution is 2.40. The lowest BCUT2D eigenvalue weighted by molar-refractivity contribution is -0.113. The summed E-state index contributed by atoms with van der Waals surface area (Å²) in [5, 5.41) is 20.8. The van der Waals surface area contributed by atoms with Gasteiger partial charge in [-0.15, -0.1) is 5.10 Å². The number of pyridine rings is 1. The maximum atomic E-state index is 13.6. The van der Waals surface area contributed by atoms with Crippen molar-refractivity contribution in [3.63, 3.8) is 0 Å². The van der Waals surface area contributed by atoms with Gasteiger partial charge in [-0.05, 0) is 55.8 Å². The van der Waals surface area contributed by atoms with Crippen molar-refractivity contribution in [2.24, 2.45) is 0 Å². The molecule has 0 bridgehead atoms. The van der Waals surface area contributed by atoms with Gasteiger partial charge in [0.15, 0.2) is 17.3 Å².